The molecule has 0 radical (unpaired) electrons. The summed E-state index contributed by atoms with van der Waals surface area (Å²) >= 11 is 0. The second-order valence-corrected chi connectivity index (χ2v) is 6.07. The Morgan fingerprint density at radius 3 is 2.26 bits per heavy atom. The highest BCUT2D eigenvalue weighted by Gasteiger charge is 2.08. The summed E-state index contributed by atoms with van der Waals surface area (Å²) in [4.78, 5) is 3.17. The van der Waals surface area contributed by atoms with Gasteiger partial charge in [0.1, 0.15) is 0 Å². The largest absolute Gasteiger partial charge is 0.298 e. The van der Waals surface area contributed by atoms with Crippen LogP contribution in [0.3, 0.4) is 0 Å². The minimum absolute atomic E-state index is 0.810. The third-order valence-electron chi connectivity index (χ3n) is 3.02. The fraction of sp³-hybridized carbons (Fsp3) is 0.250. The molecule has 0 bridgehead atoms. The van der Waals surface area contributed by atoms with Crippen molar-refractivity contribution < 1.29 is 4.21 Å². The van der Waals surface area contributed by atoms with Crippen LogP contribution in [0.15, 0.2) is 59.5 Å². The first-order valence-corrected chi connectivity index (χ1v) is 7.86. The highest BCUT2D eigenvalue weighted by atomic mass is 32.2. The van der Waals surface area contributed by atoms with Crippen LogP contribution in [0.5, 0.6) is 0 Å². The molecule has 1 unspecified atom stereocenters. The van der Waals surface area contributed by atoms with Crippen molar-refractivity contribution in [1.29, 1.82) is 0 Å². The van der Waals surface area contributed by atoms with Crippen molar-refractivity contribution in [3.05, 3.63) is 65.7 Å². The Hall–Kier alpha value is -1.45. The first-order chi connectivity index (χ1) is 9.16. The molecule has 2 aromatic carbocycles. The Balaban J connectivity index is 2.07. The lowest BCUT2D eigenvalue weighted by atomic mass is 10.2. The zero-order valence-electron chi connectivity index (χ0n) is 11.4. The van der Waals surface area contributed by atoms with Gasteiger partial charge in [-0.3, -0.25) is 9.11 Å². The highest BCUT2D eigenvalue weighted by molar-refractivity contribution is 7.84. The molecule has 0 saturated heterocycles. The lowest BCUT2D eigenvalue weighted by Crippen LogP contribution is -2.18. The predicted octanol–water partition coefficient (Wildman–Crippen LogP) is 3.06. The molecule has 0 amide bonds. The van der Waals surface area contributed by atoms with Crippen molar-refractivity contribution in [3.8, 4) is 0 Å². The molecule has 0 saturated carbocycles. The Labute approximate surface area is 117 Å². The van der Waals surface area contributed by atoms with Gasteiger partial charge in [0.2, 0.25) is 0 Å². The molecule has 100 valence electrons. The molecule has 19 heavy (non-hydrogen) atoms. The molecule has 0 aliphatic rings. The monoisotopic (exact) mass is 273 g/mol. The summed E-state index contributed by atoms with van der Waals surface area (Å²) in [5, 5.41) is 0. The number of nitrogens with zero attached hydrogens (tertiary/aromatic N) is 1. The molecule has 0 aliphatic heterocycles. The molecule has 0 N–H and O–H groups in total. The van der Waals surface area contributed by atoms with Crippen LogP contribution in [0.25, 0.3) is 0 Å². The standard InChI is InChI=1S/C16H19NOS/c1-17(12-14-8-4-3-5-9-14)13-15-10-6-7-11-16(15)19(2)18/h3-11H,12-13H2,1-2H3. The number of benzene rings is 2. The van der Waals surface area contributed by atoms with Crippen molar-refractivity contribution in [2.75, 3.05) is 13.3 Å². The normalized spacial score (nSPS) is 12.6. The van der Waals surface area contributed by atoms with Crippen LogP contribution in [0, 0.1) is 0 Å². The second kappa shape index (κ2) is 6.64. The lowest BCUT2D eigenvalue weighted by Gasteiger charge is -2.18. The van der Waals surface area contributed by atoms with Gasteiger partial charge in [-0.25, -0.2) is 0 Å². The SMILES string of the molecule is CN(Cc1ccccc1)Cc1ccccc1S(C)=O. The highest BCUT2D eigenvalue weighted by Crippen LogP contribution is 2.15. The summed E-state index contributed by atoms with van der Waals surface area (Å²) in [5.74, 6) is 0. The molecule has 0 spiro atoms. The third-order valence-corrected chi connectivity index (χ3v) is 4.04. The number of hydrogen-bond donors (Lipinski definition) is 0. The van der Waals surface area contributed by atoms with E-state index in [9.17, 15) is 4.21 Å². The van der Waals surface area contributed by atoms with E-state index in [0.717, 1.165) is 23.5 Å². The van der Waals surface area contributed by atoms with Gasteiger partial charge in [-0.1, -0.05) is 48.5 Å². The van der Waals surface area contributed by atoms with E-state index >= 15 is 0 Å². The zero-order valence-corrected chi connectivity index (χ0v) is 12.2. The molecular weight excluding hydrogens is 254 g/mol. The summed E-state index contributed by atoms with van der Waals surface area (Å²) in [5.41, 5.74) is 2.43. The average molecular weight is 273 g/mol. The molecule has 1 atom stereocenters. The van der Waals surface area contributed by atoms with E-state index in [0.29, 0.717) is 0 Å². The van der Waals surface area contributed by atoms with Crippen LogP contribution >= 0.6 is 0 Å². The molecule has 0 heterocycles. The van der Waals surface area contributed by atoms with Crippen molar-refractivity contribution in [1.82, 2.24) is 4.90 Å². The van der Waals surface area contributed by atoms with Gasteiger partial charge in [-0.15, -0.1) is 0 Å². The topological polar surface area (TPSA) is 20.3 Å². The van der Waals surface area contributed by atoms with Crippen LogP contribution in [-0.2, 0) is 23.9 Å². The molecule has 0 fully saturated rings. The summed E-state index contributed by atoms with van der Waals surface area (Å²) in [6, 6.07) is 18.3. The van der Waals surface area contributed by atoms with Gasteiger partial charge >= 0.3 is 0 Å². The molecule has 0 aromatic heterocycles. The third kappa shape index (κ3) is 4.01. The van der Waals surface area contributed by atoms with E-state index in [1.807, 2.05) is 24.3 Å². The van der Waals surface area contributed by atoms with Gasteiger partial charge in [0.15, 0.2) is 0 Å². The maximum atomic E-state index is 11.7. The van der Waals surface area contributed by atoms with Gasteiger partial charge in [-0.05, 0) is 24.2 Å². The number of rotatable bonds is 5. The van der Waals surface area contributed by atoms with Crippen LogP contribution in [-0.4, -0.2) is 22.4 Å². The van der Waals surface area contributed by atoms with Gasteiger partial charge in [0, 0.05) is 24.2 Å². The summed E-state index contributed by atoms with van der Waals surface area (Å²) in [6.45, 7) is 1.70. The van der Waals surface area contributed by atoms with E-state index < -0.39 is 10.8 Å². The van der Waals surface area contributed by atoms with Gasteiger partial charge in [0.25, 0.3) is 0 Å². The quantitative estimate of drug-likeness (QED) is 0.834. The Morgan fingerprint density at radius 2 is 1.58 bits per heavy atom. The van der Waals surface area contributed by atoms with Crippen molar-refractivity contribution in [2.45, 2.75) is 18.0 Å². The Bertz CT molecular complexity index is 554. The van der Waals surface area contributed by atoms with Gasteiger partial charge in [0.05, 0.1) is 10.8 Å². The number of hydrogen-bond acceptors (Lipinski definition) is 2. The molecule has 2 rings (SSSR count). The van der Waals surface area contributed by atoms with Crippen LogP contribution in [0.2, 0.25) is 0 Å². The maximum absolute atomic E-state index is 11.7. The van der Waals surface area contributed by atoms with Crippen molar-refractivity contribution in [2.24, 2.45) is 0 Å². The van der Waals surface area contributed by atoms with Crippen molar-refractivity contribution >= 4 is 10.8 Å². The Kier molecular flexibility index (Phi) is 4.88. The van der Waals surface area contributed by atoms with E-state index in [2.05, 4.69) is 42.3 Å². The Morgan fingerprint density at radius 1 is 0.947 bits per heavy atom. The zero-order chi connectivity index (χ0) is 13.7. The smallest absolute Gasteiger partial charge is 0.0501 e. The van der Waals surface area contributed by atoms with E-state index in [1.165, 1.54) is 5.56 Å². The molecule has 2 aromatic rings. The van der Waals surface area contributed by atoms with Crippen molar-refractivity contribution in [3.63, 3.8) is 0 Å². The van der Waals surface area contributed by atoms with Crippen LogP contribution in [0.4, 0.5) is 0 Å². The summed E-state index contributed by atoms with van der Waals surface area (Å²) in [7, 11) is 1.16. The molecule has 0 aliphatic carbocycles. The second-order valence-electron chi connectivity index (χ2n) is 4.72. The predicted molar refractivity (Wildman–Crippen MR) is 80.4 cm³/mol. The van der Waals surface area contributed by atoms with E-state index in [-0.39, 0.29) is 0 Å². The fourth-order valence-electron chi connectivity index (χ4n) is 2.16. The first kappa shape index (κ1) is 14.0. The molecular formula is C16H19NOS. The van der Waals surface area contributed by atoms with Crippen LogP contribution in [0.1, 0.15) is 11.1 Å². The van der Waals surface area contributed by atoms with Crippen LogP contribution < -0.4 is 0 Å². The minimum atomic E-state index is -0.930. The van der Waals surface area contributed by atoms with Gasteiger partial charge in [-0.2, -0.15) is 0 Å². The maximum Gasteiger partial charge on any atom is 0.0501 e. The fourth-order valence-corrected chi connectivity index (χ4v) is 2.93. The summed E-state index contributed by atoms with van der Waals surface area (Å²) in [6.07, 6.45) is 1.73. The molecule has 3 heteroatoms. The van der Waals surface area contributed by atoms with Gasteiger partial charge < -0.3 is 0 Å². The molecule has 2 nitrogen and oxygen atoms in total. The first-order valence-electron chi connectivity index (χ1n) is 6.30. The lowest BCUT2D eigenvalue weighted by molar-refractivity contribution is 0.316. The van der Waals surface area contributed by atoms with E-state index in [4.69, 9.17) is 0 Å². The summed E-state index contributed by atoms with van der Waals surface area (Å²) < 4.78 is 11.7. The average Bonchev–Trinajstić information content (AvgIpc) is 2.40. The van der Waals surface area contributed by atoms with E-state index in [1.54, 1.807) is 6.26 Å². The minimum Gasteiger partial charge on any atom is -0.298 e.